The molecule has 0 spiro atoms. The van der Waals surface area contributed by atoms with Crippen molar-refractivity contribution in [2.24, 2.45) is 0 Å². The summed E-state index contributed by atoms with van der Waals surface area (Å²) in [6, 6.07) is 7.06. The lowest BCUT2D eigenvalue weighted by Gasteiger charge is -2.08. The van der Waals surface area contributed by atoms with Crippen molar-refractivity contribution in [1.29, 1.82) is 0 Å². The summed E-state index contributed by atoms with van der Waals surface area (Å²) in [7, 11) is 1.24. The minimum absolute atomic E-state index is 0.304. The van der Waals surface area contributed by atoms with E-state index in [1.165, 1.54) is 24.1 Å². The Morgan fingerprint density at radius 2 is 1.92 bits per heavy atom. The van der Waals surface area contributed by atoms with Crippen LogP contribution in [0.5, 0.6) is 0 Å². The Morgan fingerprint density at radius 3 is 2.54 bits per heavy atom. The monoisotopic (exact) mass is 378 g/mol. The Kier molecular flexibility index (Phi) is 4.99. The molecule has 0 bridgehead atoms. The number of thiazole rings is 1. The van der Waals surface area contributed by atoms with Crippen molar-refractivity contribution in [1.82, 2.24) is 14.8 Å². The van der Waals surface area contributed by atoms with Crippen LogP contribution in [0.15, 0.2) is 30.5 Å². The van der Waals surface area contributed by atoms with E-state index in [0.29, 0.717) is 21.4 Å². The highest BCUT2D eigenvalue weighted by atomic mass is 32.1. The zero-order valence-electron chi connectivity index (χ0n) is 14.3. The third-order valence-corrected chi connectivity index (χ3v) is 4.49. The fourth-order valence-electron chi connectivity index (χ4n) is 2.54. The number of carbonyl (C=O) groups is 1. The molecule has 1 amide bonds. The second-order valence-corrected chi connectivity index (χ2v) is 6.69. The maximum absolute atomic E-state index is 13.2. The lowest BCUT2D eigenvalue weighted by molar-refractivity contribution is 0.145. The van der Waals surface area contributed by atoms with Crippen molar-refractivity contribution in [3.05, 3.63) is 47.3 Å². The summed E-state index contributed by atoms with van der Waals surface area (Å²) < 4.78 is 32.4. The van der Waals surface area contributed by atoms with Crippen LogP contribution in [0.4, 0.5) is 18.7 Å². The minimum Gasteiger partial charge on any atom is -0.453 e. The molecule has 3 rings (SSSR count). The molecular formula is C17H16F2N4O2S. The molecule has 2 heterocycles. The first-order valence-electron chi connectivity index (χ1n) is 7.65. The van der Waals surface area contributed by atoms with Gasteiger partial charge in [-0.2, -0.15) is 5.10 Å². The van der Waals surface area contributed by atoms with Crippen molar-refractivity contribution in [2.45, 2.75) is 20.3 Å². The van der Waals surface area contributed by atoms with Crippen LogP contribution in [0.3, 0.4) is 0 Å². The molecule has 136 valence electrons. The Balaban J connectivity index is 2.07. The molecule has 9 heteroatoms. The molecule has 0 unspecified atom stereocenters. The summed E-state index contributed by atoms with van der Waals surface area (Å²) in [6.07, 6.45) is -1.84. The zero-order chi connectivity index (χ0) is 18.8. The smallest absolute Gasteiger partial charge is 0.413 e. The maximum Gasteiger partial charge on any atom is 0.413 e. The van der Waals surface area contributed by atoms with Gasteiger partial charge in [-0.25, -0.2) is 23.2 Å². The van der Waals surface area contributed by atoms with Gasteiger partial charge in [-0.3, -0.25) is 5.32 Å². The molecule has 0 aliphatic rings. The highest BCUT2D eigenvalue weighted by molar-refractivity contribution is 7.19. The molecule has 6 nitrogen and oxygen atoms in total. The number of nitrogens with zero attached hydrogens (tertiary/aromatic N) is 3. The highest BCUT2D eigenvalue weighted by Gasteiger charge is 2.20. The number of nitrogens with one attached hydrogen (secondary N) is 1. The molecule has 0 aliphatic carbocycles. The average molecular weight is 378 g/mol. The normalized spacial score (nSPS) is 11.0. The van der Waals surface area contributed by atoms with E-state index >= 15 is 0 Å². The van der Waals surface area contributed by atoms with E-state index in [2.05, 4.69) is 20.1 Å². The fraction of sp³-hybridized carbons (Fsp3) is 0.235. The second-order valence-electron chi connectivity index (χ2n) is 5.66. The summed E-state index contributed by atoms with van der Waals surface area (Å²) in [5.41, 5.74) is 2.82. The molecule has 26 heavy (non-hydrogen) atoms. The number of hydrogen-bond donors (Lipinski definition) is 1. The van der Waals surface area contributed by atoms with E-state index in [4.69, 9.17) is 0 Å². The summed E-state index contributed by atoms with van der Waals surface area (Å²) in [6.45, 7) is 3.86. The zero-order valence-corrected chi connectivity index (χ0v) is 15.1. The van der Waals surface area contributed by atoms with E-state index in [9.17, 15) is 13.6 Å². The van der Waals surface area contributed by atoms with Gasteiger partial charge in [0, 0.05) is 6.20 Å². The van der Waals surface area contributed by atoms with E-state index < -0.39 is 12.5 Å². The van der Waals surface area contributed by atoms with Crippen LogP contribution in [0, 0.1) is 13.8 Å². The first-order valence-corrected chi connectivity index (χ1v) is 8.47. The van der Waals surface area contributed by atoms with E-state index in [1.54, 1.807) is 0 Å². The Hall–Kier alpha value is -2.81. The minimum atomic E-state index is -2.69. The molecule has 0 aliphatic heterocycles. The van der Waals surface area contributed by atoms with Crippen LogP contribution in [0.25, 0.3) is 16.3 Å². The molecule has 0 fully saturated rings. The number of carbonyl (C=O) groups excluding carboxylic acids is 1. The molecule has 0 atom stereocenters. The lowest BCUT2D eigenvalue weighted by Crippen LogP contribution is -2.10. The molecular weight excluding hydrogens is 362 g/mol. The van der Waals surface area contributed by atoms with E-state index in [0.717, 1.165) is 22.5 Å². The number of rotatable bonds is 4. The number of ether oxygens (including phenoxy) is 1. The summed E-state index contributed by atoms with van der Waals surface area (Å²) >= 11 is 1.14. The van der Waals surface area contributed by atoms with Gasteiger partial charge in [-0.1, -0.05) is 17.4 Å². The fourth-order valence-corrected chi connectivity index (χ4v) is 3.34. The number of anilines is 1. The quantitative estimate of drug-likeness (QED) is 0.713. The van der Waals surface area contributed by atoms with Gasteiger partial charge in [0.1, 0.15) is 5.69 Å². The summed E-state index contributed by atoms with van der Waals surface area (Å²) in [4.78, 5) is 16.0. The topological polar surface area (TPSA) is 69.0 Å². The number of hydrogen-bond acceptors (Lipinski definition) is 5. The predicted molar refractivity (Wildman–Crippen MR) is 95.1 cm³/mol. The molecule has 1 aromatic carbocycles. The van der Waals surface area contributed by atoms with Gasteiger partial charge in [0.2, 0.25) is 0 Å². The predicted octanol–water partition coefficient (Wildman–Crippen LogP) is 4.73. The molecule has 0 saturated heterocycles. The van der Waals surface area contributed by atoms with Crippen LogP contribution in [0.2, 0.25) is 0 Å². The van der Waals surface area contributed by atoms with E-state index in [-0.39, 0.29) is 5.69 Å². The van der Waals surface area contributed by atoms with Crippen molar-refractivity contribution < 1.29 is 18.3 Å². The van der Waals surface area contributed by atoms with E-state index in [1.807, 2.05) is 32.0 Å². The lowest BCUT2D eigenvalue weighted by atomic mass is 10.1. The van der Waals surface area contributed by atoms with Crippen molar-refractivity contribution in [3.63, 3.8) is 0 Å². The van der Waals surface area contributed by atoms with Gasteiger partial charge >= 0.3 is 6.09 Å². The number of aromatic nitrogens is 3. The van der Waals surface area contributed by atoms with Crippen LogP contribution < -0.4 is 5.32 Å². The standard InChI is InChI=1S/C17H16F2N4O2S/c1-9-4-10(2)6-11(5-9)23-13(7-12(22-23)15(18)19)14-8-20-16(26-14)21-17(24)25-3/h4-8,15H,1-3H3,(H,20,21,24). The van der Waals surface area contributed by atoms with Gasteiger partial charge in [0.05, 0.1) is 23.4 Å². The molecule has 1 N–H and O–H groups in total. The summed E-state index contributed by atoms with van der Waals surface area (Å²) in [5, 5.41) is 6.82. The Morgan fingerprint density at radius 1 is 1.23 bits per heavy atom. The Bertz CT molecular complexity index is 932. The number of amides is 1. The second kappa shape index (κ2) is 7.20. The van der Waals surface area contributed by atoms with Crippen molar-refractivity contribution >= 4 is 22.6 Å². The number of alkyl halides is 2. The van der Waals surface area contributed by atoms with Crippen LogP contribution in [-0.4, -0.2) is 28.0 Å². The molecule has 2 aromatic heterocycles. The van der Waals surface area contributed by atoms with Gasteiger partial charge < -0.3 is 4.74 Å². The summed E-state index contributed by atoms with van der Waals surface area (Å²) in [5.74, 6) is 0. The maximum atomic E-state index is 13.2. The van der Waals surface area contributed by atoms with Crippen molar-refractivity contribution in [2.75, 3.05) is 12.4 Å². The third-order valence-electron chi connectivity index (χ3n) is 3.56. The van der Waals surface area contributed by atoms with Gasteiger partial charge in [0.25, 0.3) is 6.43 Å². The molecule has 3 aromatic rings. The van der Waals surface area contributed by atoms with Gasteiger partial charge in [-0.05, 0) is 43.2 Å². The van der Waals surface area contributed by atoms with Crippen LogP contribution in [0.1, 0.15) is 23.2 Å². The van der Waals surface area contributed by atoms with Crippen LogP contribution >= 0.6 is 11.3 Å². The SMILES string of the molecule is COC(=O)Nc1ncc(-c2cc(C(F)F)nn2-c2cc(C)cc(C)c2)s1. The first-order chi connectivity index (χ1) is 12.4. The van der Waals surface area contributed by atoms with Crippen molar-refractivity contribution in [3.8, 4) is 16.3 Å². The van der Waals surface area contributed by atoms with Gasteiger partial charge in [0.15, 0.2) is 5.13 Å². The molecule has 0 saturated carbocycles. The number of benzene rings is 1. The number of aryl methyl sites for hydroxylation is 2. The average Bonchev–Trinajstić information content (AvgIpc) is 3.20. The Labute approximate surface area is 152 Å². The molecule has 0 radical (unpaired) electrons. The number of methoxy groups -OCH3 is 1. The number of halogens is 2. The third kappa shape index (κ3) is 3.72. The van der Waals surface area contributed by atoms with Crippen LogP contribution in [-0.2, 0) is 4.74 Å². The van der Waals surface area contributed by atoms with Gasteiger partial charge in [-0.15, -0.1) is 0 Å². The largest absolute Gasteiger partial charge is 0.453 e. The first kappa shape index (κ1) is 18.0. The highest BCUT2D eigenvalue weighted by Crippen LogP contribution is 2.33.